The van der Waals surface area contributed by atoms with Crippen molar-refractivity contribution in [1.82, 2.24) is 9.13 Å². The van der Waals surface area contributed by atoms with Crippen LogP contribution in [0, 0.1) is 23.7 Å². The van der Waals surface area contributed by atoms with Crippen LogP contribution in [0.1, 0.15) is 43.2 Å². The first-order valence-electron chi connectivity index (χ1n) is 18.3. The van der Waals surface area contributed by atoms with Gasteiger partial charge >= 0.3 is 0 Å². The monoisotopic (exact) mass is 630 g/mol. The molecule has 9 aromatic rings. The van der Waals surface area contributed by atoms with Gasteiger partial charge in [-0.1, -0.05) is 84.9 Å². The molecule has 0 radical (unpaired) electrons. The lowest BCUT2D eigenvalue weighted by Crippen LogP contribution is -2.57. The van der Waals surface area contributed by atoms with Crippen molar-refractivity contribution in [2.75, 3.05) is 0 Å². The van der Waals surface area contributed by atoms with Crippen LogP contribution in [-0.4, -0.2) is 9.13 Å². The molecule has 234 valence electrons. The van der Waals surface area contributed by atoms with E-state index in [1.807, 2.05) is 0 Å². The topological polar surface area (TPSA) is 23.0 Å². The van der Waals surface area contributed by atoms with Crippen LogP contribution in [0.4, 0.5) is 0 Å². The summed E-state index contributed by atoms with van der Waals surface area (Å²) in [7, 11) is 0. The molecule has 3 nitrogen and oxygen atoms in total. The van der Waals surface area contributed by atoms with Crippen LogP contribution in [0.3, 0.4) is 0 Å². The van der Waals surface area contributed by atoms with Gasteiger partial charge < -0.3 is 13.6 Å². The highest BCUT2D eigenvalue weighted by Crippen LogP contribution is 2.68. The quantitative estimate of drug-likeness (QED) is 0.177. The van der Waals surface area contributed by atoms with Crippen molar-refractivity contribution in [3.8, 4) is 11.4 Å². The summed E-state index contributed by atoms with van der Waals surface area (Å²) in [5.41, 5.74) is 12.8. The first kappa shape index (κ1) is 25.7. The predicted molar refractivity (Wildman–Crippen MR) is 200 cm³/mol. The Hall–Kier alpha value is -5.28. The summed E-state index contributed by atoms with van der Waals surface area (Å²) in [6.45, 7) is 0. The van der Waals surface area contributed by atoms with Crippen LogP contribution in [-0.2, 0) is 5.41 Å². The normalized spacial score (nSPS) is 25.2. The Balaban J connectivity index is 1.19. The number of rotatable bonds is 1. The van der Waals surface area contributed by atoms with Crippen molar-refractivity contribution in [3.63, 3.8) is 0 Å². The summed E-state index contributed by atoms with van der Waals surface area (Å²) >= 11 is 0. The number of hydrogen-bond donors (Lipinski definition) is 0. The first-order valence-corrected chi connectivity index (χ1v) is 18.3. The molecule has 4 bridgehead atoms. The number of para-hydroxylation sites is 4. The van der Waals surface area contributed by atoms with Crippen molar-refractivity contribution < 1.29 is 4.42 Å². The molecule has 49 heavy (non-hydrogen) atoms. The lowest BCUT2D eigenvalue weighted by molar-refractivity contribution is -0.0418. The van der Waals surface area contributed by atoms with E-state index in [-0.39, 0.29) is 5.41 Å². The molecular formula is C46H34N2O. The second-order valence-corrected chi connectivity index (χ2v) is 15.7. The van der Waals surface area contributed by atoms with Gasteiger partial charge in [-0.05, 0) is 103 Å². The predicted octanol–water partition coefficient (Wildman–Crippen LogP) is 11.8. The fourth-order valence-corrected chi connectivity index (χ4v) is 12.2. The number of aromatic nitrogens is 2. The van der Waals surface area contributed by atoms with E-state index in [2.05, 4.69) is 130 Å². The number of benzene rings is 6. The largest absolute Gasteiger partial charge is 0.454 e. The third-order valence-electron chi connectivity index (χ3n) is 13.7. The molecule has 1 aliphatic heterocycles. The van der Waals surface area contributed by atoms with Gasteiger partial charge in [0.2, 0.25) is 0 Å². The lowest BCUT2D eigenvalue weighted by Gasteiger charge is -2.63. The molecule has 3 heteroatoms. The third kappa shape index (κ3) is 2.92. The smallest absolute Gasteiger partial charge is 0.159 e. The highest BCUT2D eigenvalue weighted by molar-refractivity contribution is 6.16. The summed E-state index contributed by atoms with van der Waals surface area (Å²) in [4.78, 5) is 0. The molecule has 5 aliphatic rings. The Labute approximate surface area is 283 Å². The van der Waals surface area contributed by atoms with Crippen molar-refractivity contribution >= 4 is 65.6 Å². The molecule has 0 N–H and O–H groups in total. The van der Waals surface area contributed by atoms with Gasteiger partial charge in [0.05, 0.1) is 27.8 Å². The van der Waals surface area contributed by atoms with Gasteiger partial charge in [-0.3, -0.25) is 0 Å². The maximum absolute atomic E-state index is 6.96. The van der Waals surface area contributed by atoms with Crippen molar-refractivity contribution in [1.29, 1.82) is 0 Å². The molecule has 4 saturated carbocycles. The van der Waals surface area contributed by atoms with Gasteiger partial charge in [0.25, 0.3) is 0 Å². The SMILES string of the molecule is c1ccc2c(c1)oc1c3c(ccc12)C1(c2cccc4c5cc(-n6c7ccccc7c7ccccc76)ccc5n-3c24)C2CC3CC(C2)CC1C3. The first-order chi connectivity index (χ1) is 24.3. The Morgan fingerprint density at radius 1 is 0.490 bits per heavy atom. The van der Waals surface area contributed by atoms with Gasteiger partial charge in [0.1, 0.15) is 5.58 Å². The standard InChI is InChI=1S/C46H34N2O/c1-4-13-39-31(8-1)32-9-2-5-14-40(32)47(39)30-16-19-41-36(25-30)34-11-7-12-37-43(34)48(41)44-38(18-17-35-33-10-3-6-15-42(33)49-45(35)44)46(37)28-21-26-20-27(23-28)24-29(46)22-26/h1-19,25-29H,20-24H2. The zero-order valence-electron chi connectivity index (χ0n) is 27.2. The third-order valence-corrected chi connectivity index (χ3v) is 13.7. The van der Waals surface area contributed by atoms with Gasteiger partial charge in [0, 0.05) is 43.4 Å². The van der Waals surface area contributed by atoms with Crippen LogP contribution >= 0.6 is 0 Å². The fraction of sp³-hybridized carbons (Fsp3) is 0.217. The summed E-state index contributed by atoms with van der Waals surface area (Å²) < 4.78 is 12.0. The van der Waals surface area contributed by atoms with Crippen molar-refractivity contribution in [2.45, 2.75) is 37.5 Å². The van der Waals surface area contributed by atoms with Crippen molar-refractivity contribution in [3.05, 3.63) is 132 Å². The molecule has 6 aromatic carbocycles. The van der Waals surface area contributed by atoms with Crippen LogP contribution in [0.15, 0.2) is 126 Å². The van der Waals surface area contributed by atoms with E-state index in [1.54, 1.807) is 5.56 Å². The number of nitrogens with zero attached hydrogens (tertiary/aromatic N) is 2. The molecule has 0 atom stereocenters. The van der Waals surface area contributed by atoms with E-state index in [4.69, 9.17) is 4.42 Å². The van der Waals surface area contributed by atoms with E-state index >= 15 is 0 Å². The minimum absolute atomic E-state index is 0.0233. The maximum atomic E-state index is 6.96. The molecule has 3 aromatic heterocycles. The molecule has 4 fully saturated rings. The Bertz CT molecular complexity index is 2830. The van der Waals surface area contributed by atoms with Gasteiger partial charge in [-0.25, -0.2) is 0 Å². The van der Waals surface area contributed by atoms with E-state index in [0.717, 1.165) is 23.0 Å². The summed E-state index contributed by atoms with van der Waals surface area (Å²) in [5.74, 6) is 3.14. The zero-order chi connectivity index (χ0) is 31.6. The highest BCUT2D eigenvalue weighted by atomic mass is 16.3. The van der Waals surface area contributed by atoms with E-state index in [9.17, 15) is 0 Å². The zero-order valence-corrected chi connectivity index (χ0v) is 27.2. The Morgan fingerprint density at radius 3 is 1.90 bits per heavy atom. The number of hydrogen-bond acceptors (Lipinski definition) is 1. The molecule has 1 spiro atoms. The maximum Gasteiger partial charge on any atom is 0.159 e. The average Bonchev–Trinajstić information content (AvgIpc) is 3.79. The second-order valence-electron chi connectivity index (χ2n) is 15.7. The molecule has 0 unspecified atom stereocenters. The molecule has 0 saturated heterocycles. The molecule has 0 amide bonds. The van der Waals surface area contributed by atoms with E-state index < -0.39 is 0 Å². The molecule has 4 heterocycles. The molecule has 14 rings (SSSR count). The lowest BCUT2D eigenvalue weighted by atomic mass is 9.41. The van der Waals surface area contributed by atoms with Crippen LogP contribution < -0.4 is 0 Å². The fourth-order valence-electron chi connectivity index (χ4n) is 12.2. The Morgan fingerprint density at radius 2 is 1.14 bits per heavy atom. The average molecular weight is 631 g/mol. The molecular weight excluding hydrogens is 597 g/mol. The minimum Gasteiger partial charge on any atom is -0.454 e. The molecule has 4 aliphatic carbocycles. The van der Waals surface area contributed by atoms with Gasteiger partial charge in [-0.2, -0.15) is 0 Å². The van der Waals surface area contributed by atoms with Crippen LogP contribution in [0.25, 0.3) is 76.9 Å². The summed E-state index contributed by atoms with van der Waals surface area (Å²) in [6, 6.07) is 45.7. The number of furan rings is 1. The van der Waals surface area contributed by atoms with Crippen LogP contribution in [0.2, 0.25) is 0 Å². The Kier molecular flexibility index (Phi) is 4.54. The minimum atomic E-state index is 0.0233. The van der Waals surface area contributed by atoms with Gasteiger partial charge in [-0.15, -0.1) is 0 Å². The number of fused-ring (bicyclic) bond motifs is 12. The summed E-state index contributed by atoms with van der Waals surface area (Å²) in [5, 5.41) is 7.71. The summed E-state index contributed by atoms with van der Waals surface area (Å²) in [6.07, 6.45) is 6.89. The van der Waals surface area contributed by atoms with E-state index in [0.29, 0.717) is 11.8 Å². The highest BCUT2D eigenvalue weighted by Gasteiger charge is 2.61. The van der Waals surface area contributed by atoms with E-state index in [1.165, 1.54) is 103 Å². The van der Waals surface area contributed by atoms with Crippen molar-refractivity contribution in [2.24, 2.45) is 23.7 Å². The second kappa shape index (κ2) is 8.65. The van der Waals surface area contributed by atoms with Crippen LogP contribution in [0.5, 0.6) is 0 Å². The van der Waals surface area contributed by atoms with Gasteiger partial charge in [0.15, 0.2) is 5.58 Å².